The van der Waals surface area contributed by atoms with Crippen molar-refractivity contribution in [3.63, 3.8) is 0 Å². The van der Waals surface area contributed by atoms with Gasteiger partial charge in [-0.2, -0.15) is 0 Å². The molecular weight excluding hydrogens is 238 g/mol. The van der Waals surface area contributed by atoms with E-state index in [0.29, 0.717) is 6.04 Å². The number of aryl methyl sites for hydroxylation is 2. The fourth-order valence-corrected chi connectivity index (χ4v) is 2.74. The van der Waals surface area contributed by atoms with Crippen molar-refractivity contribution in [2.45, 2.75) is 32.2 Å². The highest BCUT2D eigenvalue weighted by molar-refractivity contribution is 5.59. The molecule has 0 aliphatic heterocycles. The van der Waals surface area contributed by atoms with Crippen molar-refractivity contribution in [2.24, 2.45) is 0 Å². The quantitative estimate of drug-likeness (QED) is 0.899. The van der Waals surface area contributed by atoms with Crippen molar-refractivity contribution < 1.29 is 9.15 Å². The second kappa shape index (κ2) is 5.00. The Kier molecular flexibility index (Phi) is 3.20. The Balaban J connectivity index is 1.87. The lowest BCUT2D eigenvalue weighted by Crippen LogP contribution is -2.16. The molecule has 1 N–H and O–H groups in total. The molecule has 1 atom stereocenters. The monoisotopic (exact) mass is 257 g/mol. The first-order valence-electron chi connectivity index (χ1n) is 6.75. The highest BCUT2D eigenvalue weighted by atomic mass is 16.5. The van der Waals surface area contributed by atoms with Crippen LogP contribution in [0.15, 0.2) is 34.9 Å². The number of anilines is 1. The van der Waals surface area contributed by atoms with Crippen molar-refractivity contribution in [3.8, 4) is 5.75 Å². The van der Waals surface area contributed by atoms with E-state index in [-0.39, 0.29) is 0 Å². The molecule has 0 bridgehead atoms. The van der Waals surface area contributed by atoms with Gasteiger partial charge in [-0.25, -0.2) is 0 Å². The van der Waals surface area contributed by atoms with Gasteiger partial charge in [0.2, 0.25) is 0 Å². The molecular formula is C16H19NO2. The summed E-state index contributed by atoms with van der Waals surface area (Å²) < 4.78 is 11.0. The second-order valence-electron chi connectivity index (χ2n) is 5.09. The Bertz CT molecular complexity index is 574. The number of ether oxygens (including phenoxy) is 1. The molecule has 0 radical (unpaired) electrons. The Morgan fingerprint density at radius 2 is 2.21 bits per heavy atom. The average Bonchev–Trinajstić information content (AvgIpc) is 2.90. The van der Waals surface area contributed by atoms with Crippen LogP contribution in [0.2, 0.25) is 0 Å². The standard InChI is InChI=1S/C16H19NO2/c1-11-6-7-14(16(10-11)18-2)17-13-4-3-5-15-12(13)8-9-19-15/h6-10,13,17H,3-5H2,1-2H3. The summed E-state index contributed by atoms with van der Waals surface area (Å²) in [5.74, 6) is 2.02. The van der Waals surface area contributed by atoms with Crippen molar-refractivity contribution in [1.29, 1.82) is 0 Å². The van der Waals surface area contributed by atoms with Gasteiger partial charge in [0.25, 0.3) is 0 Å². The largest absolute Gasteiger partial charge is 0.495 e. The van der Waals surface area contributed by atoms with Crippen LogP contribution in [0.3, 0.4) is 0 Å². The van der Waals surface area contributed by atoms with Crippen molar-refractivity contribution >= 4 is 5.69 Å². The molecule has 100 valence electrons. The lowest BCUT2D eigenvalue weighted by molar-refractivity contribution is 0.414. The molecule has 1 aromatic carbocycles. The molecule has 1 unspecified atom stereocenters. The van der Waals surface area contributed by atoms with Gasteiger partial charge in [0.05, 0.1) is 25.1 Å². The van der Waals surface area contributed by atoms with E-state index < -0.39 is 0 Å². The second-order valence-corrected chi connectivity index (χ2v) is 5.09. The summed E-state index contributed by atoms with van der Waals surface area (Å²) in [6.07, 6.45) is 5.12. The summed E-state index contributed by atoms with van der Waals surface area (Å²) in [6, 6.07) is 8.64. The van der Waals surface area contributed by atoms with Crippen molar-refractivity contribution in [1.82, 2.24) is 0 Å². The number of rotatable bonds is 3. The van der Waals surface area contributed by atoms with Crippen LogP contribution in [0.1, 0.15) is 35.8 Å². The van der Waals surface area contributed by atoms with Gasteiger partial charge in [-0.15, -0.1) is 0 Å². The summed E-state index contributed by atoms with van der Waals surface area (Å²) in [6.45, 7) is 2.07. The van der Waals surface area contributed by atoms with Gasteiger partial charge >= 0.3 is 0 Å². The van der Waals surface area contributed by atoms with Gasteiger partial charge in [-0.05, 0) is 43.5 Å². The maximum atomic E-state index is 5.53. The smallest absolute Gasteiger partial charge is 0.142 e. The summed E-state index contributed by atoms with van der Waals surface area (Å²) in [5, 5.41) is 3.58. The Labute approximate surface area is 113 Å². The molecule has 0 spiro atoms. The van der Waals surface area contributed by atoms with Gasteiger partial charge in [0.1, 0.15) is 11.5 Å². The molecule has 0 saturated carbocycles. The SMILES string of the molecule is COc1cc(C)ccc1NC1CCCc2occc21. The number of methoxy groups -OCH3 is 1. The number of fused-ring (bicyclic) bond motifs is 1. The Morgan fingerprint density at radius 3 is 3.05 bits per heavy atom. The van der Waals surface area contributed by atoms with Gasteiger partial charge in [-0.1, -0.05) is 6.07 Å². The number of furan rings is 1. The van der Waals surface area contributed by atoms with Crippen LogP contribution in [0.25, 0.3) is 0 Å². The molecule has 3 rings (SSSR count). The minimum absolute atomic E-state index is 0.319. The van der Waals surface area contributed by atoms with E-state index in [2.05, 4.69) is 36.5 Å². The molecule has 1 aliphatic rings. The zero-order valence-electron chi connectivity index (χ0n) is 11.4. The van der Waals surface area contributed by atoms with E-state index in [0.717, 1.165) is 36.5 Å². The predicted molar refractivity (Wildman–Crippen MR) is 75.7 cm³/mol. The fourth-order valence-electron chi connectivity index (χ4n) is 2.74. The highest BCUT2D eigenvalue weighted by Crippen LogP contribution is 2.36. The van der Waals surface area contributed by atoms with E-state index in [1.807, 2.05) is 0 Å². The lowest BCUT2D eigenvalue weighted by Gasteiger charge is -2.24. The number of benzene rings is 1. The minimum Gasteiger partial charge on any atom is -0.495 e. The molecule has 1 heterocycles. The van der Waals surface area contributed by atoms with Crippen LogP contribution in [0, 0.1) is 6.92 Å². The normalized spacial score (nSPS) is 17.9. The van der Waals surface area contributed by atoms with E-state index in [9.17, 15) is 0 Å². The third-order valence-corrected chi connectivity index (χ3v) is 3.74. The van der Waals surface area contributed by atoms with Crippen LogP contribution in [0.5, 0.6) is 5.75 Å². The third-order valence-electron chi connectivity index (χ3n) is 3.74. The van der Waals surface area contributed by atoms with Crippen molar-refractivity contribution in [2.75, 3.05) is 12.4 Å². The maximum Gasteiger partial charge on any atom is 0.142 e. The predicted octanol–water partition coefficient (Wildman–Crippen LogP) is 4.09. The van der Waals surface area contributed by atoms with Crippen molar-refractivity contribution in [3.05, 3.63) is 47.4 Å². The summed E-state index contributed by atoms with van der Waals surface area (Å²) in [4.78, 5) is 0. The third kappa shape index (κ3) is 2.33. The topological polar surface area (TPSA) is 34.4 Å². The van der Waals surface area contributed by atoms with Gasteiger partial charge in [-0.3, -0.25) is 0 Å². The Morgan fingerprint density at radius 1 is 1.32 bits per heavy atom. The molecule has 3 heteroatoms. The van der Waals surface area contributed by atoms with Gasteiger partial charge < -0.3 is 14.5 Å². The number of hydrogen-bond donors (Lipinski definition) is 1. The molecule has 19 heavy (non-hydrogen) atoms. The average molecular weight is 257 g/mol. The van der Waals surface area contributed by atoms with E-state index in [4.69, 9.17) is 9.15 Å². The Hall–Kier alpha value is -1.90. The van der Waals surface area contributed by atoms with E-state index >= 15 is 0 Å². The first-order chi connectivity index (χ1) is 9.28. The number of nitrogens with one attached hydrogen (secondary N) is 1. The molecule has 3 nitrogen and oxygen atoms in total. The zero-order valence-corrected chi connectivity index (χ0v) is 11.4. The highest BCUT2D eigenvalue weighted by Gasteiger charge is 2.23. The molecule has 0 amide bonds. The van der Waals surface area contributed by atoms with E-state index in [1.165, 1.54) is 11.1 Å². The molecule has 2 aromatic rings. The van der Waals surface area contributed by atoms with Gasteiger partial charge in [0.15, 0.2) is 0 Å². The zero-order chi connectivity index (χ0) is 13.2. The first kappa shape index (κ1) is 12.2. The van der Waals surface area contributed by atoms with E-state index in [1.54, 1.807) is 13.4 Å². The maximum absolute atomic E-state index is 5.53. The van der Waals surface area contributed by atoms with Crippen LogP contribution < -0.4 is 10.1 Å². The first-order valence-corrected chi connectivity index (χ1v) is 6.75. The van der Waals surface area contributed by atoms with Crippen LogP contribution in [0.4, 0.5) is 5.69 Å². The molecule has 1 aromatic heterocycles. The fraction of sp³-hybridized carbons (Fsp3) is 0.375. The molecule has 0 saturated heterocycles. The number of hydrogen-bond acceptors (Lipinski definition) is 3. The summed E-state index contributed by atoms with van der Waals surface area (Å²) in [7, 11) is 1.71. The van der Waals surface area contributed by atoms with Gasteiger partial charge in [0, 0.05) is 12.0 Å². The molecule has 1 aliphatic carbocycles. The minimum atomic E-state index is 0.319. The molecule has 0 fully saturated rings. The summed E-state index contributed by atoms with van der Waals surface area (Å²) in [5.41, 5.74) is 3.54. The van der Waals surface area contributed by atoms with Crippen LogP contribution >= 0.6 is 0 Å². The summed E-state index contributed by atoms with van der Waals surface area (Å²) >= 11 is 0. The van der Waals surface area contributed by atoms with Crippen LogP contribution in [-0.4, -0.2) is 7.11 Å². The van der Waals surface area contributed by atoms with Crippen LogP contribution in [-0.2, 0) is 6.42 Å². The lowest BCUT2D eigenvalue weighted by atomic mass is 9.93.